The molecule has 2 rings (SSSR count). The molecule has 0 spiro atoms. The fourth-order valence-corrected chi connectivity index (χ4v) is 3.58. The molecule has 1 aliphatic carbocycles. The van der Waals surface area contributed by atoms with Crippen LogP contribution in [0.1, 0.15) is 57.1 Å². The summed E-state index contributed by atoms with van der Waals surface area (Å²) in [5.74, 6) is 0. The molecule has 4 nitrogen and oxygen atoms in total. The van der Waals surface area contributed by atoms with Crippen LogP contribution in [0.5, 0.6) is 0 Å². The number of carbonyl (C=O) groups is 1. The Balaban J connectivity index is 1.93. The van der Waals surface area contributed by atoms with Gasteiger partial charge in [-0.1, -0.05) is 44.4 Å². The zero-order chi connectivity index (χ0) is 15.9. The Morgan fingerprint density at radius 1 is 1.36 bits per heavy atom. The molecular weight excluding hydrogens is 393 g/mol. The number of carbonyl (C=O) groups excluding carboxylic acids is 1. The van der Waals surface area contributed by atoms with Crippen LogP contribution in [0.3, 0.4) is 0 Å². The van der Waals surface area contributed by atoms with Gasteiger partial charge in [-0.3, -0.25) is 0 Å². The Hall–Kier alpha value is -0.820. The molecule has 122 valence electrons. The van der Waals surface area contributed by atoms with Crippen molar-refractivity contribution in [2.75, 3.05) is 0 Å². The van der Waals surface area contributed by atoms with Crippen molar-refractivity contribution in [1.82, 2.24) is 5.32 Å². The first-order chi connectivity index (χ1) is 10.6. The average Bonchev–Trinajstić information content (AvgIpc) is 2.53. The van der Waals surface area contributed by atoms with Gasteiger partial charge < -0.3 is 15.2 Å². The molecule has 0 radical (unpaired) electrons. The van der Waals surface area contributed by atoms with Crippen molar-refractivity contribution in [3.05, 3.63) is 33.4 Å². The molecule has 1 saturated carbocycles. The van der Waals surface area contributed by atoms with Crippen LogP contribution < -0.4 is 5.32 Å². The van der Waals surface area contributed by atoms with Gasteiger partial charge >= 0.3 is 6.09 Å². The Bertz CT molecular complexity index is 489. The lowest BCUT2D eigenvalue weighted by molar-refractivity contribution is -0.00215. The highest BCUT2D eigenvalue weighted by Crippen LogP contribution is 2.26. The van der Waals surface area contributed by atoms with E-state index in [4.69, 9.17) is 4.74 Å². The molecule has 0 aromatic heterocycles. The quantitative estimate of drug-likeness (QED) is 0.708. The Kier molecular flexibility index (Phi) is 6.95. The van der Waals surface area contributed by atoms with Gasteiger partial charge in [0.05, 0.1) is 0 Å². The maximum absolute atomic E-state index is 12.1. The van der Waals surface area contributed by atoms with Crippen molar-refractivity contribution in [2.24, 2.45) is 0 Å². The lowest BCUT2D eigenvalue weighted by atomic mass is 9.96. The minimum atomic E-state index is -0.796. The molecule has 1 aliphatic rings. The number of aliphatic hydroxyl groups is 1. The van der Waals surface area contributed by atoms with Crippen LogP contribution in [-0.4, -0.2) is 23.3 Å². The number of benzene rings is 1. The van der Waals surface area contributed by atoms with Crippen molar-refractivity contribution in [3.8, 4) is 0 Å². The van der Waals surface area contributed by atoms with E-state index in [0.29, 0.717) is 6.42 Å². The summed E-state index contributed by atoms with van der Waals surface area (Å²) < 4.78 is 6.44. The summed E-state index contributed by atoms with van der Waals surface area (Å²) in [7, 11) is 0. The molecule has 1 aromatic carbocycles. The normalized spacial score (nSPS) is 18.5. The largest absolute Gasteiger partial charge is 0.443 e. The minimum absolute atomic E-state index is 0.216. The second kappa shape index (κ2) is 8.72. The zero-order valence-electron chi connectivity index (χ0n) is 12.9. The van der Waals surface area contributed by atoms with E-state index in [1.54, 1.807) is 0 Å². The second-order valence-corrected chi connectivity index (χ2v) is 6.96. The van der Waals surface area contributed by atoms with E-state index in [1.165, 1.54) is 6.42 Å². The first-order valence-electron chi connectivity index (χ1n) is 8.01. The van der Waals surface area contributed by atoms with E-state index in [2.05, 4.69) is 27.9 Å². The van der Waals surface area contributed by atoms with Crippen molar-refractivity contribution in [1.29, 1.82) is 0 Å². The number of aliphatic hydroxyl groups excluding tert-OH is 1. The van der Waals surface area contributed by atoms with Gasteiger partial charge in [0.25, 0.3) is 0 Å². The third kappa shape index (κ3) is 4.84. The van der Waals surface area contributed by atoms with Crippen LogP contribution in [-0.2, 0) is 4.74 Å². The molecule has 2 atom stereocenters. The summed E-state index contributed by atoms with van der Waals surface area (Å²) in [5, 5.41) is 13.4. The maximum atomic E-state index is 12.1. The molecular formula is C17H24INO3. The highest BCUT2D eigenvalue weighted by molar-refractivity contribution is 14.1. The number of hydrogen-bond donors (Lipinski definition) is 2. The van der Waals surface area contributed by atoms with Gasteiger partial charge in [0.15, 0.2) is 0 Å². The van der Waals surface area contributed by atoms with Crippen LogP contribution in [0.2, 0.25) is 0 Å². The number of halogens is 1. The molecule has 1 fully saturated rings. The van der Waals surface area contributed by atoms with Gasteiger partial charge in [-0.05, 0) is 53.5 Å². The van der Waals surface area contributed by atoms with E-state index in [9.17, 15) is 9.90 Å². The average molecular weight is 417 g/mol. The van der Waals surface area contributed by atoms with Crippen LogP contribution in [0.25, 0.3) is 0 Å². The summed E-state index contributed by atoms with van der Waals surface area (Å²) in [6.45, 7) is 1.91. The van der Waals surface area contributed by atoms with Crippen LogP contribution in [0.4, 0.5) is 4.79 Å². The maximum Gasteiger partial charge on any atom is 0.407 e. The molecule has 0 bridgehead atoms. The van der Waals surface area contributed by atoms with Crippen LogP contribution >= 0.6 is 22.6 Å². The van der Waals surface area contributed by atoms with E-state index >= 15 is 0 Å². The second-order valence-electron chi connectivity index (χ2n) is 5.80. The summed E-state index contributed by atoms with van der Waals surface area (Å²) in [5.41, 5.74) is 0.806. The highest BCUT2D eigenvalue weighted by atomic mass is 127. The van der Waals surface area contributed by atoms with Crippen LogP contribution in [0, 0.1) is 3.57 Å². The van der Waals surface area contributed by atoms with Gasteiger partial charge in [-0.15, -0.1) is 0 Å². The molecule has 0 heterocycles. The Morgan fingerprint density at radius 2 is 2.05 bits per heavy atom. The predicted molar refractivity (Wildman–Crippen MR) is 94.7 cm³/mol. The molecule has 0 saturated heterocycles. The van der Waals surface area contributed by atoms with Gasteiger partial charge in [0.2, 0.25) is 0 Å². The van der Waals surface area contributed by atoms with Gasteiger partial charge in [-0.25, -0.2) is 4.79 Å². The van der Waals surface area contributed by atoms with Crippen molar-refractivity contribution in [3.63, 3.8) is 0 Å². The third-order valence-electron chi connectivity index (χ3n) is 4.16. The summed E-state index contributed by atoms with van der Waals surface area (Å²) in [6, 6.07) is 7.84. The SMILES string of the molecule is CC[C@H](OC(=O)NC1CCCCC1)C(O)c1ccccc1I. The Morgan fingerprint density at radius 3 is 2.68 bits per heavy atom. The first kappa shape index (κ1) is 17.5. The molecule has 1 amide bonds. The van der Waals surface area contributed by atoms with E-state index in [-0.39, 0.29) is 6.04 Å². The first-order valence-corrected chi connectivity index (χ1v) is 9.09. The zero-order valence-corrected chi connectivity index (χ0v) is 15.1. The number of nitrogens with one attached hydrogen (secondary N) is 1. The standard InChI is InChI=1S/C17H24INO3/c1-2-15(16(20)13-10-6-7-11-14(13)18)22-17(21)19-12-8-4-3-5-9-12/h6-7,10-12,15-16,20H,2-5,8-9H2,1H3,(H,19,21)/t15-,16?/m0/s1. The lowest BCUT2D eigenvalue weighted by Gasteiger charge is -2.26. The van der Waals surface area contributed by atoms with Gasteiger partial charge in [0, 0.05) is 9.61 Å². The van der Waals surface area contributed by atoms with E-state index < -0.39 is 18.3 Å². The summed E-state index contributed by atoms with van der Waals surface area (Å²) >= 11 is 2.19. The van der Waals surface area contributed by atoms with Crippen molar-refractivity contribution in [2.45, 2.75) is 63.7 Å². The number of hydrogen-bond acceptors (Lipinski definition) is 3. The van der Waals surface area contributed by atoms with Crippen LogP contribution in [0.15, 0.2) is 24.3 Å². The predicted octanol–water partition coefficient (Wildman–Crippen LogP) is 4.16. The monoisotopic (exact) mass is 417 g/mol. The van der Waals surface area contributed by atoms with E-state index in [0.717, 1.165) is 34.8 Å². The molecule has 22 heavy (non-hydrogen) atoms. The molecule has 2 N–H and O–H groups in total. The smallest absolute Gasteiger partial charge is 0.407 e. The minimum Gasteiger partial charge on any atom is -0.443 e. The molecule has 5 heteroatoms. The fourth-order valence-electron chi connectivity index (χ4n) is 2.87. The molecule has 1 unspecified atom stereocenters. The number of amides is 1. The van der Waals surface area contributed by atoms with Gasteiger partial charge in [0.1, 0.15) is 12.2 Å². The summed E-state index contributed by atoms with van der Waals surface area (Å²) in [4.78, 5) is 12.1. The highest BCUT2D eigenvalue weighted by Gasteiger charge is 2.26. The number of alkyl carbamates (subject to hydrolysis) is 1. The number of rotatable bonds is 5. The molecule has 1 aromatic rings. The lowest BCUT2D eigenvalue weighted by Crippen LogP contribution is -2.39. The Labute approximate surface area is 145 Å². The third-order valence-corrected chi connectivity index (χ3v) is 5.15. The van der Waals surface area contributed by atoms with E-state index in [1.807, 2.05) is 31.2 Å². The fraction of sp³-hybridized carbons (Fsp3) is 0.588. The van der Waals surface area contributed by atoms with Crippen molar-refractivity contribution < 1.29 is 14.6 Å². The molecule has 0 aliphatic heterocycles. The van der Waals surface area contributed by atoms with Gasteiger partial charge in [-0.2, -0.15) is 0 Å². The topological polar surface area (TPSA) is 58.6 Å². The summed E-state index contributed by atoms with van der Waals surface area (Å²) in [6.07, 6.45) is 4.44. The van der Waals surface area contributed by atoms with Crippen molar-refractivity contribution >= 4 is 28.7 Å². The number of ether oxygens (including phenoxy) is 1.